The molecule has 0 bridgehead atoms. The van der Waals surface area contributed by atoms with Gasteiger partial charge in [-0.3, -0.25) is 4.79 Å². The van der Waals surface area contributed by atoms with Crippen molar-refractivity contribution in [2.75, 3.05) is 26.7 Å². The predicted octanol–water partition coefficient (Wildman–Crippen LogP) is 2.41. The summed E-state index contributed by atoms with van der Waals surface area (Å²) in [6.07, 6.45) is 2.65. The van der Waals surface area contributed by atoms with Crippen LogP contribution >= 0.6 is 15.9 Å². The fourth-order valence-electron chi connectivity index (χ4n) is 2.72. The van der Waals surface area contributed by atoms with Crippen molar-refractivity contribution in [2.24, 2.45) is 0 Å². The van der Waals surface area contributed by atoms with Gasteiger partial charge < -0.3 is 15.4 Å². The number of rotatable bonds is 6. The normalized spacial score (nSPS) is 17.2. The first-order valence-corrected chi connectivity index (χ1v) is 8.35. The van der Waals surface area contributed by atoms with Crippen LogP contribution in [0.1, 0.15) is 24.8 Å². The van der Waals surface area contributed by atoms with E-state index in [9.17, 15) is 9.18 Å². The number of nitrogens with one attached hydrogen (secondary N) is 2. The Morgan fingerprint density at radius 1 is 1.45 bits per heavy atom. The van der Waals surface area contributed by atoms with Crippen molar-refractivity contribution >= 4 is 21.8 Å². The molecule has 1 amide bonds. The van der Waals surface area contributed by atoms with Crippen molar-refractivity contribution in [3.05, 3.63) is 34.1 Å². The average Bonchev–Trinajstić information content (AvgIpc) is 2.53. The molecule has 1 aromatic carbocycles. The minimum atomic E-state index is -0.714. The summed E-state index contributed by atoms with van der Waals surface area (Å²) in [5.41, 5.74) is -0.0468. The van der Waals surface area contributed by atoms with Crippen LogP contribution in [0.25, 0.3) is 0 Å². The van der Waals surface area contributed by atoms with Gasteiger partial charge in [0.1, 0.15) is 11.4 Å². The monoisotopic (exact) mass is 372 g/mol. The van der Waals surface area contributed by atoms with Crippen molar-refractivity contribution < 1.29 is 13.9 Å². The summed E-state index contributed by atoms with van der Waals surface area (Å²) in [4.78, 5) is 12.3. The molecule has 22 heavy (non-hydrogen) atoms. The number of carbonyl (C=O) groups excluding carboxylic acids is 1. The minimum absolute atomic E-state index is 0.0622. The Morgan fingerprint density at radius 3 is 2.82 bits per heavy atom. The highest BCUT2D eigenvalue weighted by Gasteiger charge is 2.39. The number of methoxy groups -OCH3 is 1. The lowest BCUT2D eigenvalue weighted by Crippen LogP contribution is -2.54. The Bertz CT molecular complexity index is 519. The number of hydrogen-bond acceptors (Lipinski definition) is 3. The molecule has 1 heterocycles. The molecule has 1 aliphatic heterocycles. The molecule has 1 aromatic rings. The standard InChI is InChI=1S/C16H22BrFN2O2/c1-22-16(6-9-19-10-7-16)15(21)20-8-2-3-12-4-5-13(17)11-14(12)18/h4-5,11,19H,2-3,6-10H2,1H3,(H,20,21). The van der Waals surface area contributed by atoms with E-state index in [1.807, 2.05) is 6.07 Å². The third kappa shape index (κ3) is 4.27. The summed E-state index contributed by atoms with van der Waals surface area (Å²) < 4.78 is 19.9. The third-order valence-corrected chi connectivity index (χ3v) is 4.63. The van der Waals surface area contributed by atoms with Gasteiger partial charge in [-0.05, 0) is 56.5 Å². The maximum Gasteiger partial charge on any atom is 0.252 e. The second kappa shape index (κ2) is 8.04. The molecule has 6 heteroatoms. The second-order valence-corrected chi connectivity index (χ2v) is 6.46. The lowest BCUT2D eigenvalue weighted by Gasteiger charge is -2.34. The predicted molar refractivity (Wildman–Crippen MR) is 87.3 cm³/mol. The van der Waals surface area contributed by atoms with E-state index in [0.717, 1.165) is 17.6 Å². The quantitative estimate of drug-likeness (QED) is 0.753. The molecule has 4 nitrogen and oxygen atoms in total. The Morgan fingerprint density at radius 2 is 2.18 bits per heavy atom. The van der Waals surface area contributed by atoms with Crippen LogP contribution in [0.4, 0.5) is 4.39 Å². The summed E-state index contributed by atoms with van der Waals surface area (Å²) in [5.74, 6) is -0.278. The number of amides is 1. The number of hydrogen-bond donors (Lipinski definition) is 2. The van der Waals surface area contributed by atoms with E-state index in [0.29, 0.717) is 37.8 Å². The molecule has 1 fully saturated rings. The highest BCUT2D eigenvalue weighted by atomic mass is 79.9. The summed E-state index contributed by atoms with van der Waals surface area (Å²) in [5, 5.41) is 6.14. The number of aryl methyl sites for hydroxylation is 1. The molecule has 1 saturated heterocycles. The summed E-state index contributed by atoms with van der Waals surface area (Å²) >= 11 is 3.24. The minimum Gasteiger partial charge on any atom is -0.368 e. The van der Waals surface area contributed by atoms with Crippen LogP contribution in [0.15, 0.2) is 22.7 Å². The second-order valence-electron chi connectivity index (χ2n) is 5.54. The van der Waals surface area contributed by atoms with Gasteiger partial charge in [-0.15, -0.1) is 0 Å². The van der Waals surface area contributed by atoms with Crippen LogP contribution in [0, 0.1) is 5.82 Å². The van der Waals surface area contributed by atoms with Crippen LogP contribution in [-0.2, 0) is 16.0 Å². The molecule has 2 N–H and O–H groups in total. The molecule has 0 radical (unpaired) electrons. The Hall–Kier alpha value is -0.980. The topological polar surface area (TPSA) is 50.4 Å². The van der Waals surface area contributed by atoms with E-state index >= 15 is 0 Å². The van der Waals surface area contributed by atoms with Gasteiger partial charge >= 0.3 is 0 Å². The van der Waals surface area contributed by atoms with Crippen LogP contribution in [0.2, 0.25) is 0 Å². The number of halogens is 2. The lowest BCUT2D eigenvalue weighted by atomic mass is 9.91. The van der Waals surface area contributed by atoms with Gasteiger partial charge in [-0.1, -0.05) is 22.0 Å². The van der Waals surface area contributed by atoms with E-state index in [-0.39, 0.29) is 11.7 Å². The van der Waals surface area contributed by atoms with Crippen LogP contribution in [0.3, 0.4) is 0 Å². The zero-order valence-corrected chi connectivity index (χ0v) is 14.3. The van der Waals surface area contributed by atoms with Crippen molar-refractivity contribution in [2.45, 2.75) is 31.3 Å². The molecule has 0 atom stereocenters. The third-order valence-electron chi connectivity index (χ3n) is 4.14. The fourth-order valence-corrected chi connectivity index (χ4v) is 3.05. The zero-order chi connectivity index (χ0) is 16.0. The molecular formula is C16H22BrFN2O2. The molecule has 0 spiro atoms. The smallest absolute Gasteiger partial charge is 0.252 e. The molecule has 2 rings (SSSR count). The molecule has 122 valence electrons. The first-order valence-electron chi connectivity index (χ1n) is 7.55. The van der Waals surface area contributed by atoms with Gasteiger partial charge in [-0.25, -0.2) is 4.39 Å². The van der Waals surface area contributed by atoms with Crippen LogP contribution in [-0.4, -0.2) is 38.3 Å². The zero-order valence-electron chi connectivity index (χ0n) is 12.8. The lowest BCUT2D eigenvalue weighted by molar-refractivity contribution is -0.146. The maximum absolute atomic E-state index is 13.7. The van der Waals surface area contributed by atoms with Gasteiger partial charge in [0.15, 0.2) is 0 Å². The molecule has 1 aliphatic rings. The average molecular weight is 373 g/mol. The van der Waals surface area contributed by atoms with Gasteiger partial charge in [0.25, 0.3) is 5.91 Å². The van der Waals surface area contributed by atoms with Crippen molar-refractivity contribution in [1.29, 1.82) is 0 Å². The highest BCUT2D eigenvalue weighted by Crippen LogP contribution is 2.22. The Kier molecular flexibility index (Phi) is 6.35. The van der Waals surface area contributed by atoms with E-state index in [2.05, 4.69) is 26.6 Å². The van der Waals surface area contributed by atoms with Crippen LogP contribution in [0.5, 0.6) is 0 Å². The van der Waals surface area contributed by atoms with Gasteiger partial charge in [-0.2, -0.15) is 0 Å². The van der Waals surface area contributed by atoms with E-state index in [4.69, 9.17) is 4.74 Å². The number of piperidine rings is 1. The molecule has 0 aromatic heterocycles. The van der Waals surface area contributed by atoms with Crippen molar-refractivity contribution in [1.82, 2.24) is 10.6 Å². The van der Waals surface area contributed by atoms with Gasteiger partial charge in [0.05, 0.1) is 0 Å². The van der Waals surface area contributed by atoms with E-state index in [1.54, 1.807) is 13.2 Å². The van der Waals surface area contributed by atoms with Crippen LogP contribution < -0.4 is 10.6 Å². The van der Waals surface area contributed by atoms with Gasteiger partial charge in [0.2, 0.25) is 0 Å². The number of benzene rings is 1. The van der Waals surface area contributed by atoms with E-state index in [1.165, 1.54) is 6.07 Å². The van der Waals surface area contributed by atoms with E-state index < -0.39 is 5.60 Å². The Labute approximate surface area is 138 Å². The van der Waals surface area contributed by atoms with Gasteiger partial charge in [0, 0.05) is 18.1 Å². The number of carbonyl (C=O) groups is 1. The summed E-state index contributed by atoms with van der Waals surface area (Å²) in [7, 11) is 1.59. The van der Waals surface area contributed by atoms with Crippen molar-refractivity contribution in [3.8, 4) is 0 Å². The largest absolute Gasteiger partial charge is 0.368 e. The SMILES string of the molecule is COC1(C(=O)NCCCc2ccc(Br)cc2F)CCNCC1. The fraction of sp³-hybridized carbons (Fsp3) is 0.562. The summed E-state index contributed by atoms with van der Waals surface area (Å²) in [6.45, 7) is 2.09. The summed E-state index contributed by atoms with van der Waals surface area (Å²) in [6, 6.07) is 5.06. The molecule has 0 aliphatic carbocycles. The highest BCUT2D eigenvalue weighted by molar-refractivity contribution is 9.10. The first-order chi connectivity index (χ1) is 10.6. The molecule has 0 saturated carbocycles. The maximum atomic E-state index is 13.7. The van der Waals surface area contributed by atoms with Crippen molar-refractivity contribution in [3.63, 3.8) is 0 Å². The number of ether oxygens (including phenoxy) is 1. The first kappa shape index (κ1) is 17.4. The molecular weight excluding hydrogens is 351 g/mol. The Balaban J connectivity index is 1.79. The molecule has 0 unspecified atom stereocenters.